The number of rotatable bonds is 1. The predicted molar refractivity (Wildman–Crippen MR) is 46.0 cm³/mol. The summed E-state index contributed by atoms with van der Waals surface area (Å²) < 4.78 is 1.78. The quantitative estimate of drug-likeness (QED) is 0.609. The van der Waals surface area contributed by atoms with Crippen LogP contribution >= 0.6 is 12.2 Å². The normalized spacial score (nSPS) is 9.64. The van der Waals surface area contributed by atoms with Gasteiger partial charge in [0.2, 0.25) is 0 Å². The van der Waals surface area contributed by atoms with Crippen LogP contribution in [0.1, 0.15) is 0 Å². The zero-order valence-corrected chi connectivity index (χ0v) is 7.18. The van der Waals surface area contributed by atoms with Crippen molar-refractivity contribution < 1.29 is 0 Å². The van der Waals surface area contributed by atoms with Gasteiger partial charge in [-0.3, -0.25) is 4.79 Å². The van der Waals surface area contributed by atoms with Crippen LogP contribution in [0.4, 0.5) is 0 Å². The molecule has 1 N–H and O–H groups in total. The van der Waals surface area contributed by atoms with E-state index >= 15 is 0 Å². The van der Waals surface area contributed by atoms with Crippen LogP contribution in [-0.2, 0) is 0 Å². The van der Waals surface area contributed by atoms with Crippen LogP contribution in [0.3, 0.4) is 0 Å². The Labute approximate surface area is 69.1 Å². The summed E-state index contributed by atoms with van der Waals surface area (Å²) in [5, 5.41) is 1.63. The highest BCUT2D eigenvalue weighted by molar-refractivity contribution is 7.71. The molecule has 0 aliphatic rings. The van der Waals surface area contributed by atoms with E-state index in [0.717, 1.165) is 0 Å². The van der Waals surface area contributed by atoms with E-state index in [4.69, 9.17) is 12.2 Å². The van der Waals surface area contributed by atoms with Gasteiger partial charge in [0.15, 0.2) is 4.77 Å². The summed E-state index contributed by atoms with van der Waals surface area (Å²) in [5.41, 5.74) is -0.126. The van der Waals surface area contributed by atoms with Gasteiger partial charge >= 0.3 is 0 Å². The third-order valence-electron chi connectivity index (χ3n) is 1.23. The molecule has 0 aromatic carbocycles. The van der Waals surface area contributed by atoms with Gasteiger partial charge in [-0.05, 0) is 12.2 Å². The van der Waals surface area contributed by atoms with Crippen LogP contribution in [-0.4, -0.2) is 23.8 Å². The number of nitrogens with one attached hydrogen (secondary N) is 1. The van der Waals surface area contributed by atoms with Gasteiger partial charge in [0, 0.05) is 26.4 Å². The van der Waals surface area contributed by atoms with Gasteiger partial charge in [0.1, 0.15) is 0 Å². The highest BCUT2D eigenvalue weighted by atomic mass is 32.1. The molecule has 0 fully saturated rings. The molecule has 0 radical (unpaired) electrons. The highest BCUT2D eigenvalue weighted by Gasteiger charge is 1.96. The highest BCUT2D eigenvalue weighted by Crippen LogP contribution is 1.80. The van der Waals surface area contributed by atoms with Crippen LogP contribution in [0.15, 0.2) is 17.1 Å². The molecule has 1 aromatic heterocycles. The first-order chi connectivity index (χ1) is 5.13. The zero-order valence-electron chi connectivity index (χ0n) is 6.37. The molecule has 0 atom stereocenters. The van der Waals surface area contributed by atoms with E-state index in [9.17, 15) is 4.79 Å². The van der Waals surface area contributed by atoms with Crippen LogP contribution in [0, 0.1) is 4.77 Å². The molecule has 0 aliphatic carbocycles. The third kappa shape index (κ3) is 1.48. The van der Waals surface area contributed by atoms with Gasteiger partial charge in [-0.15, -0.1) is 0 Å². The Morgan fingerprint density at radius 1 is 1.64 bits per heavy atom. The number of hydrogen-bond donors (Lipinski definition) is 1. The molecular formula is C6H9N3OS. The minimum atomic E-state index is -0.126. The maximum atomic E-state index is 11.1. The topological polar surface area (TPSA) is 41.0 Å². The largest absolute Gasteiger partial charge is 0.337 e. The zero-order chi connectivity index (χ0) is 8.43. The Bertz CT molecular complexity index is 323. The number of aromatic amines is 1. The molecule has 1 rings (SSSR count). The van der Waals surface area contributed by atoms with E-state index in [1.165, 1.54) is 16.9 Å². The second-order valence-electron chi connectivity index (χ2n) is 2.28. The Morgan fingerprint density at radius 2 is 2.27 bits per heavy atom. The molecule has 4 nitrogen and oxygen atoms in total. The monoisotopic (exact) mass is 171 g/mol. The van der Waals surface area contributed by atoms with Crippen LogP contribution in [0.5, 0.6) is 0 Å². The van der Waals surface area contributed by atoms with Gasteiger partial charge in [0.05, 0.1) is 0 Å². The summed E-state index contributed by atoms with van der Waals surface area (Å²) in [7, 11) is 3.51. The maximum Gasteiger partial charge on any atom is 0.273 e. The average molecular weight is 171 g/mol. The molecule has 5 heteroatoms. The van der Waals surface area contributed by atoms with E-state index < -0.39 is 0 Å². The van der Waals surface area contributed by atoms with Crippen molar-refractivity contribution in [1.29, 1.82) is 0 Å². The summed E-state index contributed by atoms with van der Waals surface area (Å²) in [6.45, 7) is 0. The Hall–Kier alpha value is -1.10. The Balaban J connectivity index is 3.45. The van der Waals surface area contributed by atoms with Gasteiger partial charge in [-0.25, -0.2) is 0 Å². The van der Waals surface area contributed by atoms with Gasteiger partial charge in [-0.2, -0.15) is 4.68 Å². The number of nitrogens with zero attached hydrogens (tertiary/aromatic N) is 2. The second-order valence-corrected chi connectivity index (χ2v) is 2.67. The molecule has 0 aliphatic heterocycles. The van der Waals surface area contributed by atoms with Crippen molar-refractivity contribution in [2.24, 2.45) is 0 Å². The summed E-state index contributed by atoms with van der Waals surface area (Å²) in [6.07, 6.45) is 1.53. The molecule has 60 valence electrons. The van der Waals surface area contributed by atoms with Crippen LogP contribution < -0.4 is 10.6 Å². The molecular weight excluding hydrogens is 162 g/mol. The summed E-state index contributed by atoms with van der Waals surface area (Å²) in [6, 6.07) is 1.43. The molecule has 0 unspecified atom stereocenters. The van der Waals surface area contributed by atoms with Crippen molar-refractivity contribution in [2.75, 3.05) is 19.1 Å². The minimum Gasteiger partial charge on any atom is -0.337 e. The molecule has 11 heavy (non-hydrogen) atoms. The van der Waals surface area contributed by atoms with Crippen molar-refractivity contribution in [3.63, 3.8) is 0 Å². The summed E-state index contributed by atoms with van der Waals surface area (Å²) in [5.74, 6) is 0. The predicted octanol–water partition coefficient (Wildman–Crippen LogP) is 0.103. The Kier molecular flexibility index (Phi) is 2.09. The van der Waals surface area contributed by atoms with E-state index in [1.54, 1.807) is 19.1 Å². The molecule has 0 spiro atoms. The number of aromatic nitrogens is 2. The van der Waals surface area contributed by atoms with Crippen molar-refractivity contribution in [2.45, 2.75) is 0 Å². The molecule has 0 saturated carbocycles. The first-order valence-electron chi connectivity index (χ1n) is 3.11. The lowest BCUT2D eigenvalue weighted by atomic mass is 10.7. The lowest BCUT2D eigenvalue weighted by molar-refractivity contribution is 0.670. The second kappa shape index (κ2) is 2.87. The fourth-order valence-corrected chi connectivity index (χ4v) is 1.12. The lowest BCUT2D eigenvalue weighted by Crippen LogP contribution is -2.36. The van der Waals surface area contributed by atoms with E-state index in [1.807, 2.05) is 0 Å². The summed E-state index contributed by atoms with van der Waals surface area (Å²) in [4.78, 5) is 13.9. The minimum absolute atomic E-state index is 0.126. The fraction of sp³-hybridized carbons (Fsp3) is 0.333. The standard InChI is InChI=1S/C6H9N3OS/c1-8(2)9-5(10)3-4-7-6(9)11/h3-4H,1-2H3,(H,7,11). The maximum absolute atomic E-state index is 11.1. The first kappa shape index (κ1) is 8.00. The summed E-state index contributed by atoms with van der Waals surface area (Å²) >= 11 is 4.88. The van der Waals surface area contributed by atoms with Gasteiger partial charge < -0.3 is 9.99 Å². The third-order valence-corrected chi connectivity index (χ3v) is 1.52. The lowest BCUT2D eigenvalue weighted by Gasteiger charge is -2.13. The smallest absolute Gasteiger partial charge is 0.273 e. The van der Waals surface area contributed by atoms with Gasteiger partial charge in [0.25, 0.3) is 5.56 Å². The molecule has 1 aromatic rings. The van der Waals surface area contributed by atoms with Crippen molar-refractivity contribution in [3.8, 4) is 0 Å². The SMILES string of the molecule is CN(C)n1c(=O)cc[nH]c1=S. The van der Waals surface area contributed by atoms with E-state index in [-0.39, 0.29) is 5.56 Å². The molecule has 0 saturated heterocycles. The first-order valence-corrected chi connectivity index (χ1v) is 3.52. The van der Waals surface area contributed by atoms with E-state index in [2.05, 4.69) is 4.98 Å². The van der Waals surface area contributed by atoms with Gasteiger partial charge in [-0.1, -0.05) is 0 Å². The Morgan fingerprint density at radius 3 is 2.64 bits per heavy atom. The van der Waals surface area contributed by atoms with E-state index in [0.29, 0.717) is 4.77 Å². The van der Waals surface area contributed by atoms with Crippen molar-refractivity contribution >= 4 is 12.2 Å². The average Bonchev–Trinajstić information content (AvgIpc) is 1.85. The van der Waals surface area contributed by atoms with Crippen LogP contribution in [0.25, 0.3) is 0 Å². The molecule has 0 bridgehead atoms. The molecule has 1 heterocycles. The van der Waals surface area contributed by atoms with Crippen molar-refractivity contribution in [1.82, 2.24) is 9.66 Å². The number of H-pyrrole nitrogens is 1. The van der Waals surface area contributed by atoms with Crippen LogP contribution in [0.2, 0.25) is 0 Å². The number of hydrogen-bond acceptors (Lipinski definition) is 3. The molecule has 0 amide bonds. The fourth-order valence-electron chi connectivity index (χ4n) is 0.795. The van der Waals surface area contributed by atoms with Crippen molar-refractivity contribution in [3.05, 3.63) is 27.4 Å².